The Balaban J connectivity index is 1.83. The van der Waals surface area contributed by atoms with Gasteiger partial charge in [0, 0.05) is 25.0 Å². The van der Waals surface area contributed by atoms with Gasteiger partial charge >= 0.3 is 0 Å². The SMILES string of the molecule is CCc1cnc(CNc2nc(Br)cn3ccnc23)o1. The largest absolute Gasteiger partial charge is 0.444 e. The van der Waals surface area contributed by atoms with Crippen LogP contribution in [-0.4, -0.2) is 19.4 Å². The summed E-state index contributed by atoms with van der Waals surface area (Å²) >= 11 is 3.37. The molecule has 3 aromatic rings. The second-order valence-electron chi connectivity index (χ2n) is 4.00. The van der Waals surface area contributed by atoms with E-state index in [1.807, 2.05) is 23.7 Å². The van der Waals surface area contributed by atoms with Gasteiger partial charge in [-0.15, -0.1) is 0 Å². The summed E-state index contributed by atoms with van der Waals surface area (Å²) in [6.07, 6.45) is 8.04. The standard InChI is InChI=1S/C12H12BrN5O/c1-2-8-5-15-10(19-8)6-16-11-12-14-3-4-18(12)7-9(13)17-11/h3-5,7H,2,6H2,1H3,(H,16,17). The van der Waals surface area contributed by atoms with Crippen molar-refractivity contribution in [3.8, 4) is 0 Å². The smallest absolute Gasteiger partial charge is 0.213 e. The molecule has 6 nitrogen and oxygen atoms in total. The minimum absolute atomic E-state index is 0.478. The van der Waals surface area contributed by atoms with E-state index in [1.54, 1.807) is 12.4 Å². The minimum Gasteiger partial charge on any atom is -0.444 e. The van der Waals surface area contributed by atoms with Crippen LogP contribution >= 0.6 is 15.9 Å². The molecule has 3 rings (SSSR count). The van der Waals surface area contributed by atoms with Crippen molar-refractivity contribution in [3.63, 3.8) is 0 Å². The zero-order chi connectivity index (χ0) is 13.2. The Hall–Kier alpha value is -1.89. The van der Waals surface area contributed by atoms with Gasteiger partial charge in [-0.1, -0.05) is 6.92 Å². The maximum absolute atomic E-state index is 5.54. The lowest BCUT2D eigenvalue weighted by molar-refractivity contribution is 0.465. The monoisotopic (exact) mass is 321 g/mol. The van der Waals surface area contributed by atoms with E-state index >= 15 is 0 Å². The first-order valence-corrected chi connectivity index (χ1v) is 6.72. The van der Waals surface area contributed by atoms with Crippen molar-refractivity contribution in [1.29, 1.82) is 0 Å². The Labute approximate surface area is 118 Å². The molecular formula is C12H12BrN5O. The zero-order valence-electron chi connectivity index (χ0n) is 10.3. The molecule has 19 heavy (non-hydrogen) atoms. The molecule has 3 heterocycles. The van der Waals surface area contributed by atoms with Crippen molar-refractivity contribution < 1.29 is 4.42 Å². The second-order valence-corrected chi connectivity index (χ2v) is 4.81. The van der Waals surface area contributed by atoms with Crippen LogP contribution in [0.25, 0.3) is 5.65 Å². The van der Waals surface area contributed by atoms with E-state index in [9.17, 15) is 0 Å². The highest BCUT2D eigenvalue weighted by Gasteiger charge is 2.08. The number of fused-ring (bicyclic) bond motifs is 1. The molecule has 0 bridgehead atoms. The van der Waals surface area contributed by atoms with E-state index in [4.69, 9.17) is 4.42 Å². The van der Waals surface area contributed by atoms with Crippen molar-refractivity contribution >= 4 is 27.4 Å². The quantitative estimate of drug-likeness (QED) is 0.800. The molecule has 0 radical (unpaired) electrons. The van der Waals surface area contributed by atoms with Gasteiger partial charge in [-0.3, -0.25) is 0 Å². The fourth-order valence-electron chi connectivity index (χ4n) is 1.77. The number of imidazole rings is 1. The molecule has 0 amide bonds. The zero-order valence-corrected chi connectivity index (χ0v) is 11.9. The predicted molar refractivity (Wildman–Crippen MR) is 73.9 cm³/mol. The lowest BCUT2D eigenvalue weighted by Crippen LogP contribution is -2.04. The highest BCUT2D eigenvalue weighted by Crippen LogP contribution is 2.17. The van der Waals surface area contributed by atoms with Crippen LogP contribution in [0.15, 0.2) is 33.8 Å². The summed E-state index contributed by atoms with van der Waals surface area (Å²) in [5, 5.41) is 3.19. The van der Waals surface area contributed by atoms with Crippen LogP contribution in [0.1, 0.15) is 18.6 Å². The van der Waals surface area contributed by atoms with Gasteiger partial charge in [0.25, 0.3) is 0 Å². The summed E-state index contributed by atoms with van der Waals surface area (Å²) in [6.45, 7) is 2.51. The van der Waals surface area contributed by atoms with Gasteiger partial charge in [0.15, 0.2) is 11.5 Å². The number of hydrogen-bond donors (Lipinski definition) is 1. The molecule has 7 heteroatoms. The van der Waals surface area contributed by atoms with E-state index in [0.29, 0.717) is 18.3 Å². The first kappa shape index (κ1) is 12.2. The fourth-order valence-corrected chi connectivity index (χ4v) is 2.17. The maximum atomic E-state index is 5.54. The topological polar surface area (TPSA) is 68.2 Å². The molecule has 0 aliphatic rings. The highest BCUT2D eigenvalue weighted by molar-refractivity contribution is 9.10. The van der Waals surface area contributed by atoms with Crippen LogP contribution in [0.4, 0.5) is 5.82 Å². The van der Waals surface area contributed by atoms with Gasteiger partial charge in [-0.25, -0.2) is 15.0 Å². The van der Waals surface area contributed by atoms with Crippen LogP contribution < -0.4 is 5.32 Å². The number of nitrogens with zero attached hydrogens (tertiary/aromatic N) is 4. The average Bonchev–Trinajstić information content (AvgIpc) is 3.03. The van der Waals surface area contributed by atoms with Gasteiger partial charge in [0.05, 0.1) is 12.7 Å². The lowest BCUT2D eigenvalue weighted by atomic mass is 10.4. The molecule has 98 valence electrons. The molecule has 0 spiro atoms. The van der Waals surface area contributed by atoms with Crippen molar-refractivity contribution in [2.75, 3.05) is 5.32 Å². The first-order chi connectivity index (χ1) is 9.26. The fraction of sp³-hybridized carbons (Fsp3) is 0.250. The summed E-state index contributed by atoms with van der Waals surface area (Å²) in [6, 6.07) is 0. The normalized spacial score (nSPS) is 11.1. The molecule has 0 aliphatic heterocycles. The maximum Gasteiger partial charge on any atom is 0.213 e. The first-order valence-electron chi connectivity index (χ1n) is 5.93. The van der Waals surface area contributed by atoms with E-state index in [0.717, 1.165) is 22.4 Å². The number of hydrogen-bond acceptors (Lipinski definition) is 5. The Kier molecular flexibility index (Phi) is 3.20. The van der Waals surface area contributed by atoms with Gasteiger partial charge in [0.2, 0.25) is 5.89 Å². The Morgan fingerprint density at radius 3 is 3.11 bits per heavy atom. The Morgan fingerprint density at radius 1 is 1.42 bits per heavy atom. The van der Waals surface area contributed by atoms with E-state index in [2.05, 4.69) is 36.2 Å². The molecule has 3 aromatic heterocycles. The van der Waals surface area contributed by atoms with Gasteiger partial charge < -0.3 is 14.1 Å². The molecule has 0 unspecified atom stereocenters. The van der Waals surface area contributed by atoms with Crippen molar-refractivity contribution in [2.24, 2.45) is 0 Å². The molecule has 0 fully saturated rings. The van der Waals surface area contributed by atoms with Crippen LogP contribution in [0.2, 0.25) is 0 Å². The lowest BCUT2D eigenvalue weighted by Gasteiger charge is -2.05. The predicted octanol–water partition coefficient (Wildman–Crippen LogP) is 2.65. The molecule has 0 aliphatic carbocycles. The van der Waals surface area contributed by atoms with Crippen molar-refractivity contribution in [1.82, 2.24) is 19.4 Å². The summed E-state index contributed by atoms with van der Waals surface area (Å²) in [5.74, 6) is 2.21. The Morgan fingerprint density at radius 2 is 2.32 bits per heavy atom. The summed E-state index contributed by atoms with van der Waals surface area (Å²) in [5.41, 5.74) is 0.769. The molecule has 0 atom stereocenters. The third-order valence-corrected chi connectivity index (χ3v) is 3.08. The van der Waals surface area contributed by atoms with Crippen molar-refractivity contribution in [2.45, 2.75) is 19.9 Å². The minimum atomic E-state index is 0.478. The molecule has 0 saturated carbocycles. The number of aromatic nitrogens is 4. The van der Waals surface area contributed by atoms with Gasteiger partial charge in [0.1, 0.15) is 10.4 Å². The number of aryl methyl sites for hydroxylation is 1. The molecule has 1 N–H and O–H groups in total. The average molecular weight is 322 g/mol. The molecular weight excluding hydrogens is 310 g/mol. The van der Waals surface area contributed by atoms with E-state index < -0.39 is 0 Å². The Bertz CT molecular complexity index is 705. The van der Waals surface area contributed by atoms with Crippen LogP contribution in [-0.2, 0) is 13.0 Å². The second kappa shape index (κ2) is 5.00. The van der Waals surface area contributed by atoms with Gasteiger partial charge in [-0.2, -0.15) is 0 Å². The third kappa shape index (κ3) is 2.46. The number of oxazole rings is 1. The number of halogens is 1. The number of anilines is 1. The van der Waals surface area contributed by atoms with Crippen LogP contribution in [0, 0.1) is 0 Å². The number of rotatable bonds is 4. The van der Waals surface area contributed by atoms with Crippen LogP contribution in [0.3, 0.4) is 0 Å². The van der Waals surface area contributed by atoms with Crippen LogP contribution in [0.5, 0.6) is 0 Å². The third-order valence-electron chi connectivity index (χ3n) is 2.70. The molecule has 0 saturated heterocycles. The summed E-state index contributed by atoms with van der Waals surface area (Å²) in [7, 11) is 0. The van der Waals surface area contributed by atoms with E-state index in [1.165, 1.54) is 0 Å². The summed E-state index contributed by atoms with van der Waals surface area (Å²) < 4.78 is 8.17. The molecule has 0 aromatic carbocycles. The van der Waals surface area contributed by atoms with Crippen molar-refractivity contribution in [3.05, 3.63) is 41.0 Å². The highest BCUT2D eigenvalue weighted by atomic mass is 79.9. The van der Waals surface area contributed by atoms with E-state index in [-0.39, 0.29) is 0 Å². The van der Waals surface area contributed by atoms with Gasteiger partial charge in [-0.05, 0) is 15.9 Å². The number of nitrogens with one attached hydrogen (secondary N) is 1. The summed E-state index contributed by atoms with van der Waals surface area (Å²) in [4.78, 5) is 12.8.